The summed E-state index contributed by atoms with van der Waals surface area (Å²) in [5.41, 5.74) is 0.532. The number of rotatable bonds is 2. The van der Waals surface area contributed by atoms with Gasteiger partial charge in [-0.2, -0.15) is 5.26 Å². The van der Waals surface area contributed by atoms with Crippen molar-refractivity contribution in [1.82, 2.24) is 4.90 Å². The van der Waals surface area contributed by atoms with Crippen LogP contribution in [0.2, 0.25) is 0 Å². The second kappa shape index (κ2) is 6.52. The molecular weight excluding hydrogens is 280 g/mol. The molecule has 1 saturated heterocycles. The zero-order valence-corrected chi connectivity index (χ0v) is 12.8. The Balaban J connectivity index is 2.23. The summed E-state index contributed by atoms with van der Waals surface area (Å²) in [5.74, 6) is 0.0450. The number of nitriles is 1. The smallest absolute Gasteiger partial charge is 0.264 e. The van der Waals surface area contributed by atoms with E-state index in [0.29, 0.717) is 30.5 Å². The molecule has 0 radical (unpaired) electrons. The molecule has 2 atom stereocenters. The van der Waals surface area contributed by atoms with Crippen molar-refractivity contribution in [3.05, 3.63) is 29.3 Å². The van der Waals surface area contributed by atoms with Crippen molar-refractivity contribution in [3.63, 3.8) is 0 Å². The molecule has 1 heterocycles. The Bertz CT molecular complexity index is 636. The van der Waals surface area contributed by atoms with Gasteiger partial charge in [0.15, 0.2) is 11.5 Å². The van der Waals surface area contributed by atoms with Crippen molar-refractivity contribution in [2.75, 3.05) is 13.1 Å². The number of carbonyl (C=O) groups excluding carboxylic acids is 1. The fourth-order valence-electron chi connectivity index (χ4n) is 2.94. The normalized spacial score (nSPS) is 22.2. The van der Waals surface area contributed by atoms with Crippen LogP contribution in [-0.2, 0) is 4.79 Å². The van der Waals surface area contributed by atoms with Crippen molar-refractivity contribution in [1.29, 1.82) is 5.26 Å². The summed E-state index contributed by atoms with van der Waals surface area (Å²) in [5, 5.41) is 28.0. The number of phenols is 2. The highest BCUT2D eigenvalue weighted by Crippen LogP contribution is 2.27. The van der Waals surface area contributed by atoms with Crippen LogP contribution >= 0.6 is 0 Å². The molecule has 1 fully saturated rings. The molecule has 2 rings (SSSR count). The Kier molecular flexibility index (Phi) is 4.71. The molecule has 2 N–H and O–H groups in total. The van der Waals surface area contributed by atoms with E-state index < -0.39 is 0 Å². The Hall–Kier alpha value is -2.48. The van der Waals surface area contributed by atoms with E-state index in [0.717, 1.165) is 6.42 Å². The summed E-state index contributed by atoms with van der Waals surface area (Å²) in [6.45, 7) is 5.51. The molecule has 1 aliphatic heterocycles. The molecule has 22 heavy (non-hydrogen) atoms. The summed E-state index contributed by atoms with van der Waals surface area (Å²) in [4.78, 5) is 14.2. The van der Waals surface area contributed by atoms with Gasteiger partial charge in [-0.1, -0.05) is 19.9 Å². The quantitative estimate of drug-likeness (QED) is 0.499. The van der Waals surface area contributed by atoms with Crippen LogP contribution < -0.4 is 0 Å². The lowest BCUT2D eigenvalue weighted by Gasteiger charge is -2.34. The molecule has 1 aromatic carbocycles. The second-order valence-electron chi connectivity index (χ2n) is 6.07. The first-order chi connectivity index (χ1) is 10.4. The van der Waals surface area contributed by atoms with Crippen LogP contribution in [0.1, 0.15) is 25.8 Å². The van der Waals surface area contributed by atoms with Gasteiger partial charge in [0.25, 0.3) is 5.91 Å². The fraction of sp³-hybridized carbons (Fsp3) is 0.412. The minimum atomic E-state index is -0.284. The number of nitrogens with zero attached hydrogens (tertiary/aromatic N) is 2. The zero-order chi connectivity index (χ0) is 16.3. The number of hydrogen-bond donors (Lipinski definition) is 2. The summed E-state index contributed by atoms with van der Waals surface area (Å²) in [6.07, 6.45) is 2.52. The first-order valence-electron chi connectivity index (χ1n) is 7.33. The molecule has 0 aromatic heterocycles. The predicted octanol–water partition coefficient (Wildman–Crippen LogP) is 2.51. The highest BCUT2D eigenvalue weighted by atomic mass is 16.3. The van der Waals surface area contributed by atoms with Gasteiger partial charge in [-0.15, -0.1) is 0 Å². The average Bonchev–Trinajstić information content (AvgIpc) is 2.46. The fourth-order valence-corrected chi connectivity index (χ4v) is 2.94. The Morgan fingerprint density at radius 1 is 1.27 bits per heavy atom. The standard InChI is InChI=1S/C17H20N2O3/c1-11-5-12(2)10-19(9-11)17(22)14(8-18)6-13-3-4-15(20)16(21)7-13/h3-4,6-7,11-12,20-21H,5,9-10H2,1-2H3/b14-6+. The van der Waals surface area contributed by atoms with Gasteiger partial charge < -0.3 is 15.1 Å². The van der Waals surface area contributed by atoms with Crippen LogP contribution in [0, 0.1) is 23.2 Å². The summed E-state index contributed by atoms with van der Waals surface area (Å²) < 4.78 is 0. The topological polar surface area (TPSA) is 84.6 Å². The van der Waals surface area contributed by atoms with E-state index >= 15 is 0 Å². The number of amides is 1. The Morgan fingerprint density at radius 3 is 2.45 bits per heavy atom. The maximum absolute atomic E-state index is 12.5. The number of hydrogen-bond acceptors (Lipinski definition) is 4. The van der Waals surface area contributed by atoms with Crippen LogP contribution in [0.5, 0.6) is 11.5 Å². The molecule has 116 valence electrons. The van der Waals surface area contributed by atoms with Gasteiger partial charge in [-0.05, 0) is 42.0 Å². The van der Waals surface area contributed by atoms with Crippen molar-refractivity contribution in [3.8, 4) is 17.6 Å². The molecule has 1 aromatic rings. The lowest BCUT2D eigenvalue weighted by atomic mass is 9.91. The van der Waals surface area contributed by atoms with Gasteiger partial charge in [-0.25, -0.2) is 0 Å². The van der Waals surface area contributed by atoms with Gasteiger partial charge in [0.05, 0.1) is 0 Å². The zero-order valence-electron chi connectivity index (χ0n) is 12.8. The molecule has 2 unspecified atom stereocenters. The maximum Gasteiger partial charge on any atom is 0.264 e. The minimum absolute atomic E-state index is 0.0337. The third-order valence-corrected chi connectivity index (χ3v) is 3.82. The molecule has 0 bridgehead atoms. The molecule has 0 spiro atoms. The number of phenolic OH excluding ortho intramolecular Hbond substituents is 2. The number of carbonyl (C=O) groups is 1. The maximum atomic E-state index is 12.5. The largest absolute Gasteiger partial charge is 0.504 e. The number of benzene rings is 1. The van der Waals surface area contributed by atoms with Crippen LogP contribution in [0.15, 0.2) is 23.8 Å². The minimum Gasteiger partial charge on any atom is -0.504 e. The van der Waals surface area contributed by atoms with Gasteiger partial charge in [0, 0.05) is 13.1 Å². The van der Waals surface area contributed by atoms with Gasteiger partial charge in [-0.3, -0.25) is 4.79 Å². The van der Waals surface area contributed by atoms with E-state index in [-0.39, 0.29) is 23.0 Å². The van der Waals surface area contributed by atoms with Crippen molar-refractivity contribution in [2.45, 2.75) is 20.3 Å². The first-order valence-corrected chi connectivity index (χ1v) is 7.33. The molecule has 0 saturated carbocycles. The van der Waals surface area contributed by atoms with E-state index in [2.05, 4.69) is 13.8 Å². The summed E-state index contributed by atoms with van der Waals surface area (Å²) >= 11 is 0. The monoisotopic (exact) mass is 300 g/mol. The summed E-state index contributed by atoms with van der Waals surface area (Å²) in [7, 11) is 0. The molecule has 1 aliphatic rings. The molecule has 5 nitrogen and oxygen atoms in total. The van der Waals surface area contributed by atoms with Crippen LogP contribution in [0.3, 0.4) is 0 Å². The molecule has 1 amide bonds. The second-order valence-corrected chi connectivity index (χ2v) is 6.07. The van der Waals surface area contributed by atoms with Crippen molar-refractivity contribution >= 4 is 12.0 Å². The SMILES string of the molecule is CC1CC(C)CN(C(=O)/C(C#N)=C/c2ccc(O)c(O)c2)C1. The van der Waals surface area contributed by atoms with Crippen molar-refractivity contribution < 1.29 is 15.0 Å². The van der Waals surface area contributed by atoms with E-state index in [1.807, 2.05) is 6.07 Å². The highest BCUT2D eigenvalue weighted by molar-refractivity contribution is 6.01. The Morgan fingerprint density at radius 2 is 1.91 bits per heavy atom. The predicted molar refractivity (Wildman–Crippen MR) is 82.9 cm³/mol. The van der Waals surface area contributed by atoms with Gasteiger partial charge in [0.1, 0.15) is 11.6 Å². The molecular formula is C17H20N2O3. The third kappa shape index (κ3) is 3.59. The number of piperidine rings is 1. The van der Waals surface area contributed by atoms with E-state index in [1.165, 1.54) is 18.2 Å². The lowest BCUT2D eigenvalue weighted by molar-refractivity contribution is -0.129. The van der Waals surface area contributed by atoms with Crippen LogP contribution in [-0.4, -0.2) is 34.1 Å². The molecule has 5 heteroatoms. The first kappa shape index (κ1) is 15.9. The van der Waals surface area contributed by atoms with Crippen LogP contribution in [0.4, 0.5) is 0 Å². The highest BCUT2D eigenvalue weighted by Gasteiger charge is 2.27. The van der Waals surface area contributed by atoms with Crippen molar-refractivity contribution in [2.24, 2.45) is 11.8 Å². The number of likely N-dealkylation sites (tertiary alicyclic amines) is 1. The van der Waals surface area contributed by atoms with Gasteiger partial charge in [0.2, 0.25) is 0 Å². The molecule has 0 aliphatic carbocycles. The third-order valence-electron chi connectivity index (χ3n) is 3.82. The number of aromatic hydroxyl groups is 2. The summed E-state index contributed by atoms with van der Waals surface area (Å²) in [6, 6.07) is 6.13. The lowest BCUT2D eigenvalue weighted by Crippen LogP contribution is -2.43. The van der Waals surface area contributed by atoms with Gasteiger partial charge >= 0.3 is 0 Å². The van der Waals surface area contributed by atoms with E-state index in [1.54, 1.807) is 11.0 Å². The average molecular weight is 300 g/mol. The Labute approximate surface area is 130 Å². The van der Waals surface area contributed by atoms with Crippen LogP contribution in [0.25, 0.3) is 6.08 Å². The van der Waals surface area contributed by atoms with E-state index in [4.69, 9.17) is 0 Å². The van der Waals surface area contributed by atoms with E-state index in [9.17, 15) is 20.3 Å².